The highest BCUT2D eigenvalue weighted by Crippen LogP contribution is 2.66. The summed E-state index contributed by atoms with van der Waals surface area (Å²) in [6.07, 6.45) is 8.95. The molecule has 4 heteroatoms. The molecule has 0 unspecified atom stereocenters. The topological polar surface area (TPSA) is 63.6 Å². The van der Waals surface area contributed by atoms with Crippen LogP contribution in [0, 0.1) is 16.7 Å². The molecule has 134 valence electrons. The number of aliphatic carboxylic acids is 1. The van der Waals surface area contributed by atoms with Gasteiger partial charge in [0.05, 0.1) is 17.6 Å². The minimum absolute atomic E-state index is 0.0354. The highest BCUT2D eigenvalue weighted by atomic mass is 16.5. The van der Waals surface area contributed by atoms with E-state index in [0.717, 1.165) is 44.8 Å². The number of carbonyl (C=O) groups excluding carboxylic acids is 1. The molecule has 3 rings (SSSR count). The molecule has 1 N–H and O–H groups in total. The highest BCUT2D eigenvalue weighted by molar-refractivity contribution is 5.68. The van der Waals surface area contributed by atoms with Crippen LogP contribution in [-0.2, 0) is 14.3 Å². The van der Waals surface area contributed by atoms with Crippen molar-refractivity contribution in [2.24, 2.45) is 16.7 Å². The van der Waals surface area contributed by atoms with Gasteiger partial charge in [-0.15, -0.1) is 0 Å². The number of carbonyl (C=O) groups is 2. The van der Waals surface area contributed by atoms with Crippen molar-refractivity contribution in [3.63, 3.8) is 0 Å². The van der Waals surface area contributed by atoms with Crippen molar-refractivity contribution in [1.82, 2.24) is 0 Å². The van der Waals surface area contributed by atoms with Gasteiger partial charge in [0.15, 0.2) is 0 Å². The van der Waals surface area contributed by atoms with Gasteiger partial charge in [-0.3, -0.25) is 4.79 Å². The molecule has 0 aromatic rings. The van der Waals surface area contributed by atoms with Crippen LogP contribution >= 0.6 is 0 Å². The van der Waals surface area contributed by atoms with Gasteiger partial charge in [-0.2, -0.15) is 0 Å². The first-order chi connectivity index (χ1) is 11.1. The van der Waals surface area contributed by atoms with E-state index in [1.165, 1.54) is 5.57 Å². The third kappa shape index (κ3) is 2.29. The number of aldehydes is 1. The van der Waals surface area contributed by atoms with Crippen LogP contribution in [0.4, 0.5) is 0 Å². The van der Waals surface area contributed by atoms with E-state index >= 15 is 0 Å². The molecule has 24 heavy (non-hydrogen) atoms. The summed E-state index contributed by atoms with van der Waals surface area (Å²) in [5.74, 6) is -0.554. The first-order valence-corrected chi connectivity index (χ1v) is 9.16. The SMILES string of the molecule is CC1=CC[C@@H]2[C@](C)(CCC[C@@]2(C)C=O)[C@@]12CC[C@@](C)(CC(=O)O)O2. The van der Waals surface area contributed by atoms with Gasteiger partial charge >= 0.3 is 5.97 Å². The molecule has 2 fully saturated rings. The summed E-state index contributed by atoms with van der Waals surface area (Å²) in [5, 5.41) is 9.27. The number of rotatable bonds is 3. The first kappa shape index (κ1) is 17.7. The van der Waals surface area contributed by atoms with Crippen LogP contribution in [0.15, 0.2) is 11.6 Å². The molecular weight excluding hydrogens is 304 g/mol. The summed E-state index contributed by atoms with van der Waals surface area (Å²) in [4.78, 5) is 23.2. The number of hydrogen-bond acceptors (Lipinski definition) is 3. The first-order valence-electron chi connectivity index (χ1n) is 9.16. The van der Waals surface area contributed by atoms with E-state index in [2.05, 4.69) is 26.8 Å². The van der Waals surface area contributed by atoms with Crippen LogP contribution in [0.25, 0.3) is 0 Å². The van der Waals surface area contributed by atoms with Gasteiger partial charge in [-0.05, 0) is 57.4 Å². The summed E-state index contributed by atoms with van der Waals surface area (Å²) in [6, 6.07) is 0. The summed E-state index contributed by atoms with van der Waals surface area (Å²) in [5.41, 5.74) is -0.251. The maximum atomic E-state index is 11.9. The summed E-state index contributed by atoms with van der Waals surface area (Å²) < 4.78 is 6.65. The fourth-order valence-corrected chi connectivity index (χ4v) is 6.06. The van der Waals surface area contributed by atoms with Gasteiger partial charge < -0.3 is 14.6 Å². The normalized spacial score (nSPS) is 48.0. The van der Waals surface area contributed by atoms with Crippen LogP contribution in [-0.4, -0.2) is 28.6 Å². The maximum Gasteiger partial charge on any atom is 0.306 e. The fraction of sp³-hybridized carbons (Fsp3) is 0.800. The zero-order valence-electron chi connectivity index (χ0n) is 15.4. The van der Waals surface area contributed by atoms with Gasteiger partial charge in [-0.25, -0.2) is 0 Å². The monoisotopic (exact) mass is 334 g/mol. The average Bonchev–Trinajstić information content (AvgIpc) is 2.83. The van der Waals surface area contributed by atoms with E-state index in [1.54, 1.807) is 0 Å². The second-order valence-corrected chi connectivity index (χ2v) is 9.02. The number of hydrogen-bond donors (Lipinski definition) is 1. The fourth-order valence-electron chi connectivity index (χ4n) is 6.06. The molecule has 1 aliphatic heterocycles. The van der Waals surface area contributed by atoms with Gasteiger partial charge in [0.2, 0.25) is 0 Å². The van der Waals surface area contributed by atoms with Gasteiger partial charge in [0.1, 0.15) is 6.29 Å². The molecule has 0 bridgehead atoms. The Labute approximate surface area is 144 Å². The lowest BCUT2D eigenvalue weighted by Crippen LogP contribution is -2.60. The van der Waals surface area contributed by atoms with Crippen molar-refractivity contribution >= 4 is 12.3 Å². The van der Waals surface area contributed by atoms with Crippen molar-refractivity contribution < 1.29 is 19.4 Å². The number of fused-ring (bicyclic) bond motifs is 2. The zero-order valence-corrected chi connectivity index (χ0v) is 15.4. The van der Waals surface area contributed by atoms with Gasteiger partial charge in [-0.1, -0.05) is 26.3 Å². The molecule has 2 aliphatic carbocycles. The average molecular weight is 334 g/mol. The van der Waals surface area contributed by atoms with E-state index in [0.29, 0.717) is 0 Å². The van der Waals surface area contributed by atoms with Crippen LogP contribution in [0.5, 0.6) is 0 Å². The second kappa shape index (κ2) is 5.42. The Kier molecular flexibility index (Phi) is 3.99. The number of carboxylic acids is 1. The van der Waals surface area contributed by atoms with E-state index in [-0.39, 0.29) is 23.2 Å². The predicted molar refractivity (Wildman–Crippen MR) is 91.7 cm³/mol. The van der Waals surface area contributed by atoms with E-state index < -0.39 is 17.2 Å². The molecule has 1 spiro atoms. The lowest BCUT2D eigenvalue weighted by Gasteiger charge is -2.60. The molecule has 1 saturated heterocycles. The lowest BCUT2D eigenvalue weighted by molar-refractivity contribution is -0.193. The van der Waals surface area contributed by atoms with E-state index in [9.17, 15) is 14.7 Å². The van der Waals surface area contributed by atoms with Gasteiger partial charge in [0.25, 0.3) is 0 Å². The minimum atomic E-state index is -0.810. The van der Waals surface area contributed by atoms with E-state index in [4.69, 9.17) is 4.74 Å². The molecule has 5 atom stereocenters. The maximum absolute atomic E-state index is 11.9. The third-order valence-electron chi connectivity index (χ3n) is 7.42. The summed E-state index contributed by atoms with van der Waals surface area (Å²) in [6.45, 7) is 8.43. The largest absolute Gasteiger partial charge is 0.481 e. The molecule has 4 nitrogen and oxygen atoms in total. The zero-order chi connectivity index (χ0) is 17.8. The molecule has 0 aromatic carbocycles. The van der Waals surface area contributed by atoms with Crippen molar-refractivity contribution in [3.05, 3.63) is 11.6 Å². The third-order valence-corrected chi connectivity index (χ3v) is 7.42. The standard InChI is InChI=1S/C20H30O4/c1-14-6-7-15-17(2,13-21)8-5-9-19(15,4)20(14)11-10-18(3,24-20)12-16(22)23/h6,13,15H,5,7-12H2,1-4H3,(H,22,23)/t15-,17-,18-,19-,20+/m0/s1. The Bertz CT molecular complexity index is 596. The molecular formula is C20H30O4. The van der Waals surface area contributed by atoms with Crippen LogP contribution in [0.3, 0.4) is 0 Å². The van der Waals surface area contributed by atoms with Crippen molar-refractivity contribution in [2.45, 2.75) is 83.8 Å². The summed E-state index contributed by atoms with van der Waals surface area (Å²) >= 11 is 0. The van der Waals surface area contributed by atoms with Crippen molar-refractivity contribution in [3.8, 4) is 0 Å². The Morgan fingerprint density at radius 3 is 2.62 bits per heavy atom. The predicted octanol–water partition coefficient (Wildman–Crippen LogP) is 4.13. The molecule has 0 aromatic heterocycles. The molecule has 1 heterocycles. The minimum Gasteiger partial charge on any atom is -0.481 e. The van der Waals surface area contributed by atoms with Crippen LogP contribution < -0.4 is 0 Å². The Morgan fingerprint density at radius 2 is 2.00 bits per heavy atom. The molecule has 0 amide bonds. The quantitative estimate of drug-likeness (QED) is 0.622. The molecule has 0 radical (unpaired) electrons. The van der Waals surface area contributed by atoms with Crippen molar-refractivity contribution in [2.75, 3.05) is 0 Å². The Morgan fingerprint density at radius 1 is 1.29 bits per heavy atom. The Balaban J connectivity index is 2.04. The van der Waals surface area contributed by atoms with Crippen LogP contribution in [0.2, 0.25) is 0 Å². The van der Waals surface area contributed by atoms with Crippen molar-refractivity contribution in [1.29, 1.82) is 0 Å². The summed E-state index contributed by atoms with van der Waals surface area (Å²) in [7, 11) is 0. The second-order valence-electron chi connectivity index (χ2n) is 9.02. The number of carboxylic acid groups (broad SMARTS) is 1. The lowest BCUT2D eigenvalue weighted by atomic mass is 9.46. The molecule has 3 aliphatic rings. The van der Waals surface area contributed by atoms with Gasteiger partial charge in [0, 0.05) is 10.8 Å². The number of ether oxygens (including phenoxy) is 1. The molecule has 1 saturated carbocycles. The van der Waals surface area contributed by atoms with E-state index in [1.807, 2.05) is 6.92 Å². The van der Waals surface area contributed by atoms with Crippen LogP contribution in [0.1, 0.15) is 72.6 Å². The highest BCUT2D eigenvalue weighted by Gasteiger charge is 2.65. The smallest absolute Gasteiger partial charge is 0.306 e. The number of allylic oxidation sites excluding steroid dienone is 1. The Hall–Kier alpha value is -1.16.